The highest BCUT2D eigenvalue weighted by Crippen LogP contribution is 2.08. The van der Waals surface area contributed by atoms with E-state index in [1.807, 2.05) is 0 Å². The highest BCUT2D eigenvalue weighted by atomic mass is 15.4. The van der Waals surface area contributed by atoms with Gasteiger partial charge in [0.05, 0.1) is 12.6 Å². The fourth-order valence-electron chi connectivity index (χ4n) is 2.07. The normalized spacial score (nSPS) is 28.9. The van der Waals surface area contributed by atoms with Crippen molar-refractivity contribution in [3.05, 3.63) is 0 Å². The number of rotatable bonds is 1. The van der Waals surface area contributed by atoms with Gasteiger partial charge in [-0.25, -0.2) is 0 Å². The molecule has 0 aromatic rings. The monoisotopic (exact) mass is 197 g/mol. The third kappa shape index (κ3) is 1.83. The first-order valence-corrected chi connectivity index (χ1v) is 5.25. The van der Waals surface area contributed by atoms with E-state index in [0.29, 0.717) is 12.6 Å². The molecule has 2 aliphatic heterocycles. The Bertz CT molecular complexity index is 227. The quantitative estimate of drug-likeness (QED) is 0.538. The zero-order valence-corrected chi connectivity index (χ0v) is 8.74. The molecule has 1 saturated heterocycles. The number of hydrogen-bond donors (Lipinski definition) is 2. The van der Waals surface area contributed by atoms with Crippen molar-refractivity contribution in [1.82, 2.24) is 15.1 Å². The number of aliphatic imine (C=N–C) groups is 1. The number of guanidine groups is 1. The van der Waals surface area contributed by atoms with Gasteiger partial charge in [-0.3, -0.25) is 4.99 Å². The van der Waals surface area contributed by atoms with Gasteiger partial charge in [-0.1, -0.05) is 0 Å². The summed E-state index contributed by atoms with van der Waals surface area (Å²) in [5, 5.41) is 3.31. The van der Waals surface area contributed by atoms with Crippen molar-refractivity contribution in [3.63, 3.8) is 0 Å². The fraction of sp³-hybridized carbons (Fsp3) is 0.889. The molecule has 3 N–H and O–H groups in total. The van der Waals surface area contributed by atoms with E-state index in [-0.39, 0.29) is 0 Å². The molecule has 0 bridgehead atoms. The Morgan fingerprint density at radius 1 is 1.57 bits per heavy atom. The number of likely N-dealkylation sites (N-methyl/N-ethyl adjacent to an activating group) is 1. The second kappa shape index (κ2) is 4.14. The molecule has 0 aromatic carbocycles. The van der Waals surface area contributed by atoms with E-state index in [2.05, 4.69) is 27.2 Å². The van der Waals surface area contributed by atoms with Crippen LogP contribution < -0.4 is 11.1 Å². The van der Waals surface area contributed by atoms with Crippen LogP contribution in [0.5, 0.6) is 0 Å². The summed E-state index contributed by atoms with van der Waals surface area (Å²) in [5.74, 6) is 1.05. The highest BCUT2D eigenvalue weighted by molar-refractivity contribution is 5.81. The summed E-state index contributed by atoms with van der Waals surface area (Å²) in [7, 11) is 2.14. The molecule has 0 saturated carbocycles. The summed E-state index contributed by atoms with van der Waals surface area (Å²) in [5.41, 5.74) is 5.77. The summed E-state index contributed by atoms with van der Waals surface area (Å²) in [6.07, 6.45) is 0. The van der Waals surface area contributed by atoms with Crippen LogP contribution in [0, 0.1) is 0 Å². The lowest BCUT2D eigenvalue weighted by Gasteiger charge is -2.40. The molecular weight excluding hydrogens is 178 g/mol. The Labute approximate surface area is 85.0 Å². The first kappa shape index (κ1) is 9.73. The maximum atomic E-state index is 5.77. The Hall–Kier alpha value is -0.810. The van der Waals surface area contributed by atoms with Crippen LogP contribution in [0.4, 0.5) is 0 Å². The third-order valence-corrected chi connectivity index (χ3v) is 2.89. The molecule has 80 valence electrons. The van der Waals surface area contributed by atoms with Crippen LogP contribution in [0.15, 0.2) is 4.99 Å². The van der Waals surface area contributed by atoms with Gasteiger partial charge in [0, 0.05) is 32.7 Å². The first-order valence-electron chi connectivity index (χ1n) is 5.25. The average Bonchev–Trinajstić information content (AvgIpc) is 2.70. The molecule has 0 spiro atoms. The van der Waals surface area contributed by atoms with Crippen molar-refractivity contribution in [1.29, 1.82) is 0 Å². The van der Waals surface area contributed by atoms with E-state index < -0.39 is 0 Å². The number of hydrogen-bond acceptors (Lipinski definition) is 5. The zero-order valence-electron chi connectivity index (χ0n) is 8.74. The van der Waals surface area contributed by atoms with Gasteiger partial charge in [0.2, 0.25) is 0 Å². The van der Waals surface area contributed by atoms with Crippen molar-refractivity contribution in [2.45, 2.75) is 6.04 Å². The van der Waals surface area contributed by atoms with Crippen LogP contribution in [0.2, 0.25) is 0 Å². The number of piperazine rings is 1. The minimum absolute atomic E-state index is 0.415. The van der Waals surface area contributed by atoms with E-state index in [4.69, 9.17) is 5.73 Å². The Morgan fingerprint density at radius 2 is 2.43 bits per heavy atom. The molecule has 0 amide bonds. The van der Waals surface area contributed by atoms with Crippen molar-refractivity contribution >= 4 is 5.96 Å². The molecule has 2 heterocycles. The molecule has 1 fully saturated rings. The molecule has 0 radical (unpaired) electrons. The molecular formula is C9H19N5. The van der Waals surface area contributed by atoms with Crippen LogP contribution in [0.3, 0.4) is 0 Å². The van der Waals surface area contributed by atoms with Gasteiger partial charge in [-0.05, 0) is 7.05 Å². The lowest BCUT2D eigenvalue weighted by Crippen LogP contribution is -2.58. The third-order valence-electron chi connectivity index (χ3n) is 2.89. The molecule has 1 atom stereocenters. The van der Waals surface area contributed by atoms with Crippen LogP contribution in [-0.4, -0.2) is 68.1 Å². The molecule has 5 heteroatoms. The van der Waals surface area contributed by atoms with Gasteiger partial charge < -0.3 is 20.9 Å². The summed E-state index contributed by atoms with van der Waals surface area (Å²) in [4.78, 5) is 9.08. The van der Waals surface area contributed by atoms with Gasteiger partial charge in [-0.2, -0.15) is 0 Å². The second-order valence-electron chi connectivity index (χ2n) is 3.98. The van der Waals surface area contributed by atoms with Crippen molar-refractivity contribution in [2.75, 3.05) is 46.3 Å². The van der Waals surface area contributed by atoms with Gasteiger partial charge >= 0.3 is 0 Å². The highest BCUT2D eigenvalue weighted by Gasteiger charge is 2.27. The molecule has 1 unspecified atom stereocenters. The van der Waals surface area contributed by atoms with Gasteiger partial charge in [0.15, 0.2) is 5.96 Å². The fourth-order valence-corrected chi connectivity index (χ4v) is 2.07. The largest absolute Gasteiger partial charge is 0.354 e. The summed E-state index contributed by atoms with van der Waals surface area (Å²) >= 11 is 0. The van der Waals surface area contributed by atoms with Crippen LogP contribution in [0.25, 0.3) is 0 Å². The van der Waals surface area contributed by atoms with Crippen molar-refractivity contribution in [2.24, 2.45) is 10.7 Å². The summed E-state index contributed by atoms with van der Waals surface area (Å²) in [6, 6.07) is 0.415. The number of nitrogens with two attached hydrogens (primary N) is 1. The van der Waals surface area contributed by atoms with Crippen molar-refractivity contribution in [3.8, 4) is 0 Å². The lowest BCUT2D eigenvalue weighted by molar-refractivity contribution is 0.152. The minimum atomic E-state index is 0.415. The van der Waals surface area contributed by atoms with E-state index >= 15 is 0 Å². The topological polar surface area (TPSA) is 56.9 Å². The maximum absolute atomic E-state index is 5.77. The van der Waals surface area contributed by atoms with E-state index in [1.165, 1.54) is 0 Å². The molecule has 2 rings (SSSR count). The second-order valence-corrected chi connectivity index (χ2v) is 3.98. The van der Waals surface area contributed by atoms with Crippen molar-refractivity contribution < 1.29 is 0 Å². The van der Waals surface area contributed by atoms with Gasteiger partial charge in [0.25, 0.3) is 0 Å². The van der Waals surface area contributed by atoms with E-state index in [1.54, 1.807) is 0 Å². The van der Waals surface area contributed by atoms with E-state index in [9.17, 15) is 0 Å². The SMILES string of the molecule is CN1CCN(C2=NCCN2)C(CN)C1. The summed E-state index contributed by atoms with van der Waals surface area (Å²) < 4.78 is 0. The zero-order chi connectivity index (χ0) is 9.97. The first-order chi connectivity index (χ1) is 6.81. The van der Waals surface area contributed by atoms with Gasteiger partial charge in [-0.15, -0.1) is 0 Å². The predicted molar refractivity (Wildman–Crippen MR) is 57.4 cm³/mol. The lowest BCUT2D eigenvalue weighted by atomic mass is 10.2. The number of nitrogens with zero attached hydrogens (tertiary/aromatic N) is 3. The standard InChI is InChI=1S/C9H19N5/c1-13-4-5-14(8(6-10)7-13)9-11-2-3-12-9/h8H,2-7,10H2,1H3,(H,11,12). The smallest absolute Gasteiger partial charge is 0.194 e. The van der Waals surface area contributed by atoms with Crippen LogP contribution in [0.1, 0.15) is 0 Å². The van der Waals surface area contributed by atoms with E-state index in [0.717, 1.165) is 38.7 Å². The average molecular weight is 197 g/mol. The molecule has 14 heavy (non-hydrogen) atoms. The minimum Gasteiger partial charge on any atom is -0.354 e. The molecule has 0 aliphatic carbocycles. The maximum Gasteiger partial charge on any atom is 0.194 e. The molecule has 5 nitrogen and oxygen atoms in total. The summed E-state index contributed by atoms with van der Waals surface area (Å²) in [6.45, 7) is 5.74. The molecule has 0 aromatic heterocycles. The Morgan fingerprint density at radius 3 is 3.07 bits per heavy atom. The van der Waals surface area contributed by atoms with Crippen LogP contribution >= 0.6 is 0 Å². The van der Waals surface area contributed by atoms with Crippen LogP contribution in [-0.2, 0) is 0 Å². The predicted octanol–water partition coefficient (Wildman–Crippen LogP) is -1.48. The Kier molecular flexibility index (Phi) is 2.88. The Balaban J connectivity index is 2.02. The molecule has 2 aliphatic rings. The van der Waals surface area contributed by atoms with Gasteiger partial charge in [0.1, 0.15) is 0 Å². The number of nitrogens with one attached hydrogen (secondary N) is 1.